The van der Waals surface area contributed by atoms with Crippen molar-refractivity contribution in [2.45, 2.75) is 13.5 Å². The molecule has 0 unspecified atom stereocenters. The number of halogens is 1. The molecule has 4 heteroatoms. The minimum absolute atomic E-state index is 0.110. The van der Waals surface area contributed by atoms with Gasteiger partial charge in [0.05, 0.1) is 5.56 Å². The normalized spacial score (nSPS) is 14.1. The molecule has 1 aliphatic heterocycles. The molecular formula is C23H17ClO3. The van der Waals surface area contributed by atoms with Gasteiger partial charge < -0.3 is 9.47 Å². The van der Waals surface area contributed by atoms with E-state index in [1.54, 1.807) is 12.1 Å². The molecule has 4 rings (SSSR count). The lowest BCUT2D eigenvalue weighted by Gasteiger charge is -2.11. The van der Waals surface area contributed by atoms with Crippen LogP contribution in [0.25, 0.3) is 6.08 Å². The number of allylic oxidation sites excluding steroid dienone is 1. The van der Waals surface area contributed by atoms with Crippen LogP contribution in [0.5, 0.6) is 11.5 Å². The van der Waals surface area contributed by atoms with E-state index >= 15 is 0 Å². The van der Waals surface area contributed by atoms with E-state index in [4.69, 9.17) is 21.1 Å². The number of ketones is 1. The van der Waals surface area contributed by atoms with Crippen LogP contribution < -0.4 is 9.47 Å². The van der Waals surface area contributed by atoms with Gasteiger partial charge in [0.1, 0.15) is 18.1 Å². The molecule has 0 N–H and O–H groups in total. The van der Waals surface area contributed by atoms with Gasteiger partial charge >= 0.3 is 0 Å². The van der Waals surface area contributed by atoms with Gasteiger partial charge in [0.15, 0.2) is 5.76 Å². The average molecular weight is 377 g/mol. The average Bonchev–Trinajstić information content (AvgIpc) is 3.00. The summed E-state index contributed by atoms with van der Waals surface area (Å²) in [5.41, 5.74) is 3.31. The molecule has 0 aromatic heterocycles. The third kappa shape index (κ3) is 3.60. The lowest BCUT2D eigenvalue weighted by Crippen LogP contribution is -1.98. The molecular weight excluding hydrogens is 360 g/mol. The highest BCUT2D eigenvalue weighted by Crippen LogP contribution is 2.39. The summed E-state index contributed by atoms with van der Waals surface area (Å²) in [6.07, 6.45) is 1.76. The minimum Gasteiger partial charge on any atom is -0.488 e. The Balaban J connectivity index is 1.56. The second kappa shape index (κ2) is 7.29. The first-order chi connectivity index (χ1) is 13.1. The number of fused-ring (bicyclic) bond motifs is 1. The smallest absolute Gasteiger partial charge is 0.231 e. The number of carbonyl (C=O) groups is 1. The summed E-state index contributed by atoms with van der Waals surface area (Å²) >= 11 is 5.91. The summed E-state index contributed by atoms with van der Waals surface area (Å²) in [6.45, 7) is 2.31. The van der Waals surface area contributed by atoms with E-state index in [9.17, 15) is 4.79 Å². The van der Waals surface area contributed by atoms with Crippen molar-refractivity contribution in [3.63, 3.8) is 0 Å². The number of ether oxygens (including phenoxy) is 2. The molecule has 0 bridgehead atoms. The zero-order valence-corrected chi connectivity index (χ0v) is 15.5. The van der Waals surface area contributed by atoms with Crippen molar-refractivity contribution < 1.29 is 14.3 Å². The van der Waals surface area contributed by atoms with Crippen molar-refractivity contribution in [2.24, 2.45) is 0 Å². The van der Waals surface area contributed by atoms with Gasteiger partial charge in [0, 0.05) is 10.6 Å². The standard InChI is InChI=1S/C23H17ClO3/c1-15-20(26-14-17-7-9-18(24)10-8-17)12-11-19-22(25)21(27-23(15)19)13-16-5-3-2-4-6-16/h2-13H,14H2,1H3/b21-13-. The number of Topliss-reactive ketones (excluding diaryl/α,β-unsaturated/α-hetero) is 1. The molecule has 0 saturated heterocycles. The van der Waals surface area contributed by atoms with Crippen molar-refractivity contribution in [1.29, 1.82) is 0 Å². The molecule has 1 aliphatic rings. The molecule has 0 atom stereocenters. The van der Waals surface area contributed by atoms with E-state index in [0.29, 0.717) is 34.5 Å². The van der Waals surface area contributed by atoms with Crippen LogP contribution in [0.2, 0.25) is 5.02 Å². The number of carbonyl (C=O) groups excluding carboxylic acids is 1. The Bertz CT molecular complexity index is 1020. The fraction of sp³-hybridized carbons (Fsp3) is 0.0870. The summed E-state index contributed by atoms with van der Waals surface area (Å²) in [7, 11) is 0. The highest BCUT2D eigenvalue weighted by molar-refractivity contribution is 6.30. The van der Waals surface area contributed by atoms with E-state index in [1.165, 1.54) is 0 Å². The quantitative estimate of drug-likeness (QED) is 0.536. The molecule has 3 nitrogen and oxygen atoms in total. The van der Waals surface area contributed by atoms with Crippen LogP contribution in [-0.4, -0.2) is 5.78 Å². The Kier molecular flexibility index (Phi) is 4.69. The van der Waals surface area contributed by atoms with Gasteiger partial charge in [-0.2, -0.15) is 0 Å². The minimum atomic E-state index is -0.110. The molecule has 0 radical (unpaired) electrons. The Labute approximate surface area is 162 Å². The van der Waals surface area contributed by atoms with Gasteiger partial charge in [-0.25, -0.2) is 0 Å². The first-order valence-corrected chi connectivity index (χ1v) is 9.00. The Morgan fingerprint density at radius 1 is 1.00 bits per heavy atom. The summed E-state index contributed by atoms with van der Waals surface area (Å²) in [4.78, 5) is 12.6. The fourth-order valence-corrected chi connectivity index (χ4v) is 3.09. The highest BCUT2D eigenvalue weighted by atomic mass is 35.5. The molecule has 1 heterocycles. The van der Waals surface area contributed by atoms with E-state index in [2.05, 4.69) is 0 Å². The van der Waals surface area contributed by atoms with Gasteiger partial charge in [-0.15, -0.1) is 0 Å². The van der Waals surface area contributed by atoms with Crippen LogP contribution in [0.15, 0.2) is 72.5 Å². The van der Waals surface area contributed by atoms with Crippen molar-refractivity contribution in [3.8, 4) is 11.5 Å². The summed E-state index contributed by atoms with van der Waals surface area (Å²) in [5, 5.41) is 0.692. The molecule has 0 aliphatic carbocycles. The van der Waals surface area contributed by atoms with Crippen LogP contribution in [0.1, 0.15) is 27.0 Å². The molecule has 3 aromatic carbocycles. The van der Waals surface area contributed by atoms with Crippen molar-refractivity contribution in [1.82, 2.24) is 0 Å². The monoisotopic (exact) mass is 376 g/mol. The highest BCUT2D eigenvalue weighted by Gasteiger charge is 2.30. The largest absolute Gasteiger partial charge is 0.488 e. The SMILES string of the molecule is Cc1c(OCc2ccc(Cl)cc2)ccc2c1O/C(=C\c1ccccc1)C2=O. The Hall–Kier alpha value is -3.04. The number of rotatable bonds is 4. The second-order valence-electron chi connectivity index (χ2n) is 6.33. The molecule has 3 aromatic rings. The van der Waals surface area contributed by atoms with Gasteiger partial charge in [-0.3, -0.25) is 4.79 Å². The number of hydrogen-bond acceptors (Lipinski definition) is 3. The van der Waals surface area contributed by atoms with Gasteiger partial charge in [-0.05, 0) is 48.4 Å². The Morgan fingerprint density at radius 2 is 1.74 bits per heavy atom. The number of hydrogen-bond donors (Lipinski definition) is 0. The van der Waals surface area contributed by atoms with Crippen LogP contribution in [0.4, 0.5) is 0 Å². The van der Waals surface area contributed by atoms with Crippen molar-refractivity contribution in [3.05, 3.63) is 99.8 Å². The summed E-state index contributed by atoms with van der Waals surface area (Å²) < 4.78 is 11.8. The predicted molar refractivity (Wildman–Crippen MR) is 106 cm³/mol. The molecule has 0 spiro atoms. The Morgan fingerprint density at radius 3 is 2.48 bits per heavy atom. The maximum absolute atomic E-state index is 12.6. The van der Waals surface area contributed by atoms with Gasteiger partial charge in [0.25, 0.3) is 0 Å². The third-order valence-electron chi connectivity index (χ3n) is 4.44. The maximum atomic E-state index is 12.6. The first-order valence-electron chi connectivity index (χ1n) is 8.62. The number of benzene rings is 3. The third-order valence-corrected chi connectivity index (χ3v) is 4.69. The molecule has 134 valence electrons. The van der Waals surface area contributed by atoms with E-state index in [1.807, 2.05) is 67.6 Å². The summed E-state index contributed by atoms with van der Waals surface area (Å²) in [6, 6.07) is 20.7. The maximum Gasteiger partial charge on any atom is 0.231 e. The van der Waals surface area contributed by atoms with E-state index < -0.39 is 0 Å². The van der Waals surface area contributed by atoms with Crippen molar-refractivity contribution in [2.75, 3.05) is 0 Å². The first kappa shape index (κ1) is 17.4. The topological polar surface area (TPSA) is 35.5 Å². The van der Waals surface area contributed by atoms with E-state index in [-0.39, 0.29) is 5.78 Å². The summed E-state index contributed by atoms with van der Waals surface area (Å²) in [5.74, 6) is 1.48. The predicted octanol–water partition coefficient (Wildman–Crippen LogP) is 5.84. The lowest BCUT2D eigenvalue weighted by molar-refractivity contribution is 0.101. The van der Waals surface area contributed by atoms with E-state index in [0.717, 1.165) is 16.7 Å². The fourth-order valence-electron chi connectivity index (χ4n) is 2.97. The second-order valence-corrected chi connectivity index (χ2v) is 6.77. The van der Waals surface area contributed by atoms with Gasteiger partial charge in [0.2, 0.25) is 5.78 Å². The van der Waals surface area contributed by atoms with Crippen LogP contribution in [0, 0.1) is 6.92 Å². The lowest BCUT2D eigenvalue weighted by atomic mass is 10.1. The van der Waals surface area contributed by atoms with Crippen LogP contribution in [-0.2, 0) is 6.61 Å². The van der Waals surface area contributed by atoms with Gasteiger partial charge in [-0.1, -0.05) is 54.1 Å². The van der Waals surface area contributed by atoms with Crippen molar-refractivity contribution >= 4 is 23.5 Å². The molecule has 0 saturated carbocycles. The molecule has 27 heavy (non-hydrogen) atoms. The van der Waals surface area contributed by atoms with Crippen LogP contribution in [0.3, 0.4) is 0 Å². The molecule has 0 fully saturated rings. The van der Waals surface area contributed by atoms with Crippen LogP contribution >= 0.6 is 11.6 Å². The zero-order valence-electron chi connectivity index (χ0n) is 14.7. The molecule has 0 amide bonds. The zero-order chi connectivity index (χ0) is 18.8.